The molecule has 0 saturated carbocycles. The minimum Gasteiger partial charge on any atom is -0.362 e. The summed E-state index contributed by atoms with van der Waals surface area (Å²) in [5.41, 5.74) is 0.289. The zero-order chi connectivity index (χ0) is 15.0. The summed E-state index contributed by atoms with van der Waals surface area (Å²) >= 11 is 1.93. The van der Waals surface area contributed by atoms with E-state index in [1.807, 2.05) is 11.8 Å². The molecule has 3 aliphatic heterocycles. The van der Waals surface area contributed by atoms with Crippen molar-refractivity contribution in [3.8, 4) is 0 Å². The normalized spacial score (nSPS) is 38.0. The van der Waals surface area contributed by atoms with Crippen LogP contribution in [0.1, 0.15) is 59.3 Å². The Bertz CT molecular complexity index is 387. The molecular formula is C17H31N3S. The molecule has 0 radical (unpaired) electrons. The molecule has 21 heavy (non-hydrogen) atoms. The molecule has 0 aromatic heterocycles. The maximum Gasteiger partial charge on any atom is 0.157 e. The van der Waals surface area contributed by atoms with Crippen LogP contribution in [-0.2, 0) is 0 Å². The SMILES string of the molecule is CN1C2CCCC1CC(NC1=NC(C(C)(C)C)CCS1)C2. The number of thioether (sulfide) groups is 1. The molecule has 0 aromatic carbocycles. The standard InChI is InChI=1S/C17H31N3S/c1-17(2,3)15-8-9-21-16(19-15)18-12-10-13-6-5-7-14(11-12)20(13)4/h12-15H,5-11H2,1-4H3,(H,18,19). The summed E-state index contributed by atoms with van der Waals surface area (Å²) in [7, 11) is 2.33. The van der Waals surface area contributed by atoms with E-state index in [9.17, 15) is 0 Å². The third-order valence-electron chi connectivity index (χ3n) is 5.57. The van der Waals surface area contributed by atoms with E-state index < -0.39 is 0 Å². The van der Waals surface area contributed by atoms with Gasteiger partial charge in [-0.05, 0) is 44.6 Å². The Hall–Kier alpha value is -0.220. The van der Waals surface area contributed by atoms with Crippen LogP contribution in [0.2, 0.25) is 0 Å². The number of fused-ring (bicyclic) bond motifs is 2. The Morgan fingerprint density at radius 3 is 2.43 bits per heavy atom. The van der Waals surface area contributed by atoms with Crippen LogP contribution < -0.4 is 5.32 Å². The predicted molar refractivity (Wildman–Crippen MR) is 93.1 cm³/mol. The van der Waals surface area contributed by atoms with E-state index in [4.69, 9.17) is 4.99 Å². The fraction of sp³-hybridized carbons (Fsp3) is 0.941. The molecule has 0 aliphatic carbocycles. The molecule has 0 amide bonds. The first kappa shape index (κ1) is 15.7. The van der Waals surface area contributed by atoms with Gasteiger partial charge in [0.1, 0.15) is 0 Å². The monoisotopic (exact) mass is 309 g/mol. The second-order valence-corrected chi connectivity index (χ2v) is 9.25. The predicted octanol–water partition coefficient (Wildman–Crippen LogP) is 3.50. The lowest BCUT2D eigenvalue weighted by Gasteiger charge is -2.47. The lowest BCUT2D eigenvalue weighted by Crippen LogP contribution is -2.55. The lowest BCUT2D eigenvalue weighted by molar-refractivity contribution is 0.0530. The quantitative estimate of drug-likeness (QED) is 0.803. The highest BCUT2D eigenvalue weighted by Crippen LogP contribution is 2.34. The summed E-state index contributed by atoms with van der Waals surface area (Å²) in [4.78, 5) is 7.65. The number of hydrogen-bond acceptors (Lipinski definition) is 4. The number of hydrogen-bond donors (Lipinski definition) is 1. The summed E-state index contributed by atoms with van der Waals surface area (Å²) in [6.45, 7) is 6.94. The van der Waals surface area contributed by atoms with Crippen molar-refractivity contribution in [2.75, 3.05) is 12.8 Å². The second kappa shape index (κ2) is 6.11. The van der Waals surface area contributed by atoms with Crippen LogP contribution in [0, 0.1) is 5.41 Å². The van der Waals surface area contributed by atoms with E-state index in [1.165, 1.54) is 49.4 Å². The summed E-state index contributed by atoms with van der Waals surface area (Å²) in [6.07, 6.45) is 8.01. The van der Waals surface area contributed by atoms with Crippen LogP contribution in [-0.4, -0.2) is 47.0 Å². The third kappa shape index (κ3) is 3.58. The molecule has 3 nitrogen and oxygen atoms in total. The van der Waals surface area contributed by atoms with E-state index in [1.54, 1.807) is 0 Å². The minimum atomic E-state index is 0.289. The molecule has 120 valence electrons. The van der Waals surface area contributed by atoms with Crippen LogP contribution in [0.15, 0.2) is 4.99 Å². The molecule has 3 heterocycles. The average molecular weight is 310 g/mol. The molecular weight excluding hydrogens is 278 g/mol. The van der Waals surface area contributed by atoms with Crippen LogP contribution in [0.4, 0.5) is 0 Å². The highest BCUT2D eigenvalue weighted by atomic mass is 32.2. The van der Waals surface area contributed by atoms with Crippen LogP contribution in [0.25, 0.3) is 0 Å². The van der Waals surface area contributed by atoms with Crippen molar-refractivity contribution in [3.05, 3.63) is 0 Å². The van der Waals surface area contributed by atoms with Gasteiger partial charge in [-0.2, -0.15) is 0 Å². The molecule has 3 rings (SSSR count). The molecule has 2 saturated heterocycles. The van der Waals surface area contributed by atoms with Crippen molar-refractivity contribution in [1.29, 1.82) is 0 Å². The highest BCUT2D eigenvalue weighted by molar-refractivity contribution is 8.13. The summed E-state index contributed by atoms with van der Waals surface area (Å²) in [5.74, 6) is 1.22. The fourth-order valence-corrected chi connectivity index (χ4v) is 5.11. The topological polar surface area (TPSA) is 27.6 Å². The fourth-order valence-electron chi connectivity index (χ4n) is 4.12. The second-order valence-electron chi connectivity index (χ2n) is 8.17. The molecule has 2 fully saturated rings. The van der Waals surface area contributed by atoms with E-state index >= 15 is 0 Å². The van der Waals surface area contributed by atoms with Crippen LogP contribution >= 0.6 is 11.8 Å². The molecule has 0 aromatic rings. The largest absolute Gasteiger partial charge is 0.362 e. The number of amidine groups is 1. The maximum absolute atomic E-state index is 5.02. The van der Waals surface area contributed by atoms with Gasteiger partial charge in [0, 0.05) is 23.9 Å². The number of rotatable bonds is 1. The molecule has 3 unspecified atom stereocenters. The van der Waals surface area contributed by atoms with Gasteiger partial charge in [-0.15, -0.1) is 0 Å². The third-order valence-corrected chi connectivity index (χ3v) is 6.51. The zero-order valence-electron chi connectivity index (χ0n) is 14.1. The van der Waals surface area contributed by atoms with Crippen molar-refractivity contribution in [3.63, 3.8) is 0 Å². The first-order valence-corrected chi connectivity index (χ1v) is 9.61. The van der Waals surface area contributed by atoms with Crippen molar-refractivity contribution in [1.82, 2.24) is 10.2 Å². The number of nitrogens with one attached hydrogen (secondary N) is 1. The Labute approximate surface area is 134 Å². The molecule has 2 bridgehead atoms. The van der Waals surface area contributed by atoms with Crippen molar-refractivity contribution in [2.45, 2.75) is 83.5 Å². The summed E-state index contributed by atoms with van der Waals surface area (Å²) in [6, 6.07) is 2.71. The van der Waals surface area contributed by atoms with E-state index in [-0.39, 0.29) is 5.41 Å². The molecule has 4 heteroatoms. The molecule has 0 spiro atoms. The summed E-state index contributed by atoms with van der Waals surface area (Å²) < 4.78 is 0. The molecule has 3 atom stereocenters. The summed E-state index contributed by atoms with van der Waals surface area (Å²) in [5, 5.41) is 5.01. The van der Waals surface area contributed by atoms with Crippen molar-refractivity contribution >= 4 is 16.9 Å². The smallest absolute Gasteiger partial charge is 0.157 e. The van der Waals surface area contributed by atoms with Crippen molar-refractivity contribution < 1.29 is 0 Å². The molecule has 3 aliphatic rings. The van der Waals surface area contributed by atoms with Gasteiger partial charge in [0.15, 0.2) is 5.17 Å². The van der Waals surface area contributed by atoms with Gasteiger partial charge in [0.05, 0.1) is 6.04 Å². The number of nitrogens with zero attached hydrogens (tertiary/aromatic N) is 2. The minimum absolute atomic E-state index is 0.289. The first-order chi connectivity index (χ1) is 9.93. The average Bonchev–Trinajstić information content (AvgIpc) is 2.39. The van der Waals surface area contributed by atoms with E-state index in [2.05, 4.69) is 38.0 Å². The van der Waals surface area contributed by atoms with Gasteiger partial charge in [0.25, 0.3) is 0 Å². The number of piperidine rings is 2. The Morgan fingerprint density at radius 2 is 1.81 bits per heavy atom. The maximum atomic E-state index is 5.02. The highest BCUT2D eigenvalue weighted by Gasteiger charge is 2.36. The van der Waals surface area contributed by atoms with Gasteiger partial charge in [-0.3, -0.25) is 4.99 Å². The van der Waals surface area contributed by atoms with Crippen molar-refractivity contribution in [2.24, 2.45) is 10.4 Å². The van der Waals surface area contributed by atoms with Crippen LogP contribution in [0.3, 0.4) is 0 Å². The van der Waals surface area contributed by atoms with Gasteiger partial charge in [-0.1, -0.05) is 39.0 Å². The number of aliphatic imine (C=N–C) groups is 1. The van der Waals surface area contributed by atoms with Crippen LogP contribution in [0.5, 0.6) is 0 Å². The molecule has 1 N–H and O–H groups in total. The first-order valence-electron chi connectivity index (χ1n) is 8.62. The lowest BCUT2D eigenvalue weighted by atomic mass is 9.82. The van der Waals surface area contributed by atoms with Gasteiger partial charge in [0.2, 0.25) is 0 Å². The Morgan fingerprint density at radius 1 is 1.14 bits per heavy atom. The van der Waals surface area contributed by atoms with Gasteiger partial charge >= 0.3 is 0 Å². The van der Waals surface area contributed by atoms with E-state index in [0.29, 0.717) is 12.1 Å². The van der Waals surface area contributed by atoms with Gasteiger partial charge < -0.3 is 10.2 Å². The van der Waals surface area contributed by atoms with E-state index in [0.717, 1.165) is 12.1 Å². The Kier molecular flexibility index (Phi) is 4.56. The zero-order valence-corrected chi connectivity index (χ0v) is 14.9. The Balaban J connectivity index is 1.63. The van der Waals surface area contributed by atoms with Gasteiger partial charge in [-0.25, -0.2) is 0 Å².